The highest BCUT2D eigenvalue weighted by Crippen LogP contribution is 2.37. The summed E-state index contributed by atoms with van der Waals surface area (Å²) in [5.74, 6) is -0.129. The molecule has 2 fully saturated rings. The third kappa shape index (κ3) is 3.10. The molecule has 2 heterocycles. The van der Waals surface area contributed by atoms with E-state index in [2.05, 4.69) is 18.7 Å². The van der Waals surface area contributed by atoms with Crippen LogP contribution in [0, 0.1) is 0 Å². The van der Waals surface area contributed by atoms with Crippen LogP contribution in [-0.2, 0) is 4.74 Å². The molecule has 0 N–H and O–H groups in total. The fourth-order valence-electron chi connectivity index (χ4n) is 3.54. The lowest BCUT2D eigenvalue weighted by molar-refractivity contribution is -0.108. The second-order valence-electron chi connectivity index (χ2n) is 6.48. The van der Waals surface area contributed by atoms with E-state index >= 15 is 0 Å². The van der Waals surface area contributed by atoms with E-state index < -0.39 is 5.72 Å². The largest absolute Gasteiger partial charge is 0.354 e. The van der Waals surface area contributed by atoms with Gasteiger partial charge in [0.2, 0.25) is 0 Å². The Morgan fingerprint density at radius 2 is 1.78 bits per heavy atom. The molecule has 3 rings (SSSR count). The number of halogens is 2. The van der Waals surface area contributed by atoms with Gasteiger partial charge in [0.05, 0.1) is 22.2 Å². The van der Waals surface area contributed by atoms with E-state index in [0.29, 0.717) is 34.8 Å². The first kappa shape index (κ1) is 17.0. The standard InChI is InChI=1S/C17H22Cl2N2O2/c1-12(2)20-8-6-17(7-9-20)21(10-11-23-17)16(22)15-13(18)4-3-5-14(15)19/h3-5,12H,6-11H2,1-2H3. The van der Waals surface area contributed by atoms with Gasteiger partial charge in [0.25, 0.3) is 5.91 Å². The van der Waals surface area contributed by atoms with Gasteiger partial charge in [0.1, 0.15) is 5.72 Å². The maximum atomic E-state index is 13.0. The third-order valence-corrected chi connectivity index (χ3v) is 5.54. The molecule has 23 heavy (non-hydrogen) atoms. The Morgan fingerprint density at radius 1 is 1.17 bits per heavy atom. The van der Waals surface area contributed by atoms with Gasteiger partial charge in [-0.1, -0.05) is 29.3 Å². The molecular weight excluding hydrogens is 335 g/mol. The van der Waals surface area contributed by atoms with Crippen LogP contribution in [0.4, 0.5) is 0 Å². The molecule has 1 spiro atoms. The second-order valence-corrected chi connectivity index (χ2v) is 7.29. The molecule has 6 heteroatoms. The molecule has 2 aliphatic heterocycles. The number of hydrogen-bond donors (Lipinski definition) is 0. The van der Waals surface area contributed by atoms with Crippen LogP contribution in [0.1, 0.15) is 37.0 Å². The van der Waals surface area contributed by atoms with Crippen LogP contribution >= 0.6 is 23.2 Å². The zero-order valence-electron chi connectivity index (χ0n) is 13.5. The monoisotopic (exact) mass is 356 g/mol. The smallest absolute Gasteiger partial charge is 0.259 e. The lowest BCUT2D eigenvalue weighted by Crippen LogP contribution is -2.55. The summed E-state index contributed by atoms with van der Waals surface area (Å²) in [5.41, 5.74) is -0.127. The van der Waals surface area contributed by atoms with E-state index in [9.17, 15) is 4.79 Å². The van der Waals surface area contributed by atoms with E-state index in [0.717, 1.165) is 25.9 Å². The lowest BCUT2D eigenvalue weighted by atomic mass is 9.97. The normalized spacial score (nSPS) is 21.3. The molecule has 0 aromatic heterocycles. The van der Waals surface area contributed by atoms with Gasteiger partial charge in [-0.3, -0.25) is 4.79 Å². The first-order chi connectivity index (χ1) is 10.9. The van der Waals surface area contributed by atoms with Crippen molar-refractivity contribution >= 4 is 29.1 Å². The van der Waals surface area contributed by atoms with E-state index in [1.54, 1.807) is 18.2 Å². The Bertz CT molecular complexity index is 578. The zero-order chi connectivity index (χ0) is 16.6. The number of carbonyl (C=O) groups is 1. The molecule has 126 valence electrons. The summed E-state index contributed by atoms with van der Waals surface area (Å²) in [7, 11) is 0. The molecule has 0 aliphatic carbocycles. The predicted molar refractivity (Wildman–Crippen MR) is 92.1 cm³/mol. The van der Waals surface area contributed by atoms with Gasteiger partial charge in [0, 0.05) is 38.5 Å². The first-order valence-corrected chi connectivity index (χ1v) is 8.84. The van der Waals surface area contributed by atoms with Crippen molar-refractivity contribution in [1.29, 1.82) is 0 Å². The highest BCUT2D eigenvalue weighted by molar-refractivity contribution is 6.39. The molecule has 1 aromatic rings. The second kappa shape index (κ2) is 6.60. The van der Waals surface area contributed by atoms with Gasteiger partial charge in [-0.05, 0) is 26.0 Å². The van der Waals surface area contributed by atoms with E-state index in [1.807, 2.05) is 4.90 Å². The average molecular weight is 357 g/mol. The summed E-state index contributed by atoms with van der Waals surface area (Å²) < 4.78 is 6.04. The molecule has 4 nitrogen and oxygen atoms in total. The van der Waals surface area contributed by atoms with Gasteiger partial charge in [0.15, 0.2) is 0 Å². The fourth-order valence-corrected chi connectivity index (χ4v) is 4.10. The SMILES string of the molecule is CC(C)N1CCC2(CC1)OCCN2C(=O)c1c(Cl)cccc1Cl. The zero-order valence-corrected chi connectivity index (χ0v) is 15.0. The van der Waals surface area contributed by atoms with Gasteiger partial charge in [-0.15, -0.1) is 0 Å². The molecule has 0 unspecified atom stereocenters. The van der Waals surface area contributed by atoms with E-state index in [4.69, 9.17) is 27.9 Å². The number of nitrogens with zero attached hydrogens (tertiary/aromatic N) is 2. The predicted octanol–water partition coefficient (Wildman–Crippen LogP) is 3.67. The average Bonchev–Trinajstić information content (AvgIpc) is 2.90. The summed E-state index contributed by atoms with van der Waals surface area (Å²) in [4.78, 5) is 17.3. The number of ether oxygens (including phenoxy) is 1. The first-order valence-electron chi connectivity index (χ1n) is 8.08. The Labute approximate surface area is 147 Å². The summed E-state index contributed by atoms with van der Waals surface area (Å²) in [6.07, 6.45) is 1.64. The van der Waals surface area contributed by atoms with Crippen LogP contribution in [0.5, 0.6) is 0 Å². The summed E-state index contributed by atoms with van der Waals surface area (Å²) >= 11 is 12.4. The Hall–Kier alpha value is -0.810. The van der Waals surface area contributed by atoms with Crippen LogP contribution < -0.4 is 0 Å². The molecule has 2 aliphatic rings. The van der Waals surface area contributed by atoms with Crippen LogP contribution in [0.2, 0.25) is 10.0 Å². The molecule has 0 saturated carbocycles. The summed E-state index contributed by atoms with van der Waals surface area (Å²) in [6, 6.07) is 5.66. The van der Waals surface area contributed by atoms with Crippen LogP contribution in [0.3, 0.4) is 0 Å². The van der Waals surface area contributed by atoms with Crippen molar-refractivity contribution in [2.75, 3.05) is 26.2 Å². The summed E-state index contributed by atoms with van der Waals surface area (Å²) in [5, 5.41) is 0.785. The lowest BCUT2D eigenvalue weighted by Gasteiger charge is -2.44. The number of likely N-dealkylation sites (tertiary alicyclic amines) is 1. The fraction of sp³-hybridized carbons (Fsp3) is 0.588. The number of rotatable bonds is 2. The van der Waals surface area contributed by atoms with E-state index in [1.165, 1.54) is 0 Å². The number of amides is 1. The third-order valence-electron chi connectivity index (χ3n) is 4.91. The minimum absolute atomic E-state index is 0.129. The van der Waals surface area contributed by atoms with E-state index in [-0.39, 0.29) is 5.91 Å². The van der Waals surface area contributed by atoms with Gasteiger partial charge in [-0.2, -0.15) is 0 Å². The number of benzene rings is 1. The Morgan fingerprint density at radius 3 is 2.35 bits per heavy atom. The van der Waals surface area contributed by atoms with Crippen molar-refractivity contribution in [3.63, 3.8) is 0 Å². The highest BCUT2D eigenvalue weighted by atomic mass is 35.5. The maximum Gasteiger partial charge on any atom is 0.259 e. The number of piperidine rings is 1. The van der Waals surface area contributed by atoms with Crippen molar-refractivity contribution in [2.45, 2.75) is 38.5 Å². The molecule has 1 aromatic carbocycles. The van der Waals surface area contributed by atoms with Gasteiger partial charge in [-0.25, -0.2) is 0 Å². The molecule has 0 radical (unpaired) electrons. The topological polar surface area (TPSA) is 32.8 Å². The molecule has 0 bridgehead atoms. The molecule has 0 atom stereocenters. The minimum Gasteiger partial charge on any atom is -0.354 e. The quantitative estimate of drug-likeness (QED) is 0.810. The van der Waals surface area contributed by atoms with Crippen molar-refractivity contribution in [3.8, 4) is 0 Å². The minimum atomic E-state index is -0.509. The number of hydrogen-bond acceptors (Lipinski definition) is 3. The van der Waals surface area contributed by atoms with Crippen LogP contribution in [0.15, 0.2) is 18.2 Å². The van der Waals surface area contributed by atoms with Crippen LogP contribution in [-0.4, -0.2) is 53.7 Å². The summed E-state index contributed by atoms with van der Waals surface area (Å²) in [6.45, 7) is 7.40. The maximum absolute atomic E-state index is 13.0. The molecule has 2 saturated heterocycles. The Balaban J connectivity index is 1.84. The van der Waals surface area contributed by atoms with Crippen molar-refractivity contribution < 1.29 is 9.53 Å². The van der Waals surface area contributed by atoms with Crippen LogP contribution in [0.25, 0.3) is 0 Å². The van der Waals surface area contributed by atoms with Gasteiger partial charge < -0.3 is 14.5 Å². The highest BCUT2D eigenvalue weighted by Gasteiger charge is 2.47. The Kier molecular flexibility index (Phi) is 4.88. The van der Waals surface area contributed by atoms with Crippen molar-refractivity contribution in [3.05, 3.63) is 33.8 Å². The van der Waals surface area contributed by atoms with Gasteiger partial charge >= 0.3 is 0 Å². The van der Waals surface area contributed by atoms with Crippen molar-refractivity contribution in [1.82, 2.24) is 9.80 Å². The molecular formula is C17H22Cl2N2O2. The van der Waals surface area contributed by atoms with Crippen molar-refractivity contribution in [2.24, 2.45) is 0 Å². The molecule has 1 amide bonds. The number of carbonyl (C=O) groups excluding carboxylic acids is 1.